The molecule has 1 heterocycles. The Labute approximate surface area is 158 Å². The Balaban J connectivity index is 0.00000225. The lowest BCUT2D eigenvalue weighted by molar-refractivity contribution is 0.0923. The molecule has 6 nitrogen and oxygen atoms in total. The monoisotopic (exact) mass is 383 g/mol. The number of rotatable bonds is 6. The second-order valence-electron chi connectivity index (χ2n) is 6.46. The number of carbonyl (C=O) groups excluding carboxylic acids is 1. The van der Waals surface area contributed by atoms with E-state index in [0.29, 0.717) is 29.0 Å². The average molecular weight is 384 g/mol. The highest BCUT2D eigenvalue weighted by atomic mass is 35.5. The van der Waals surface area contributed by atoms with Crippen LogP contribution >= 0.6 is 24.0 Å². The number of aromatic nitrogens is 3. The van der Waals surface area contributed by atoms with Gasteiger partial charge in [0.2, 0.25) is 5.82 Å². The van der Waals surface area contributed by atoms with Crippen LogP contribution in [0.2, 0.25) is 5.02 Å². The zero-order valence-electron chi connectivity index (χ0n) is 14.3. The summed E-state index contributed by atoms with van der Waals surface area (Å²) in [5.41, 5.74) is 6.47. The lowest BCUT2D eigenvalue weighted by Gasteiger charge is -2.14. The Kier molecular flexibility index (Phi) is 6.43. The highest BCUT2D eigenvalue weighted by Gasteiger charge is 2.32. The number of amides is 1. The van der Waals surface area contributed by atoms with Crippen molar-refractivity contribution in [1.82, 2.24) is 20.1 Å². The maximum atomic E-state index is 12.5. The zero-order chi connectivity index (χ0) is 17.3. The van der Waals surface area contributed by atoms with E-state index < -0.39 is 0 Å². The van der Waals surface area contributed by atoms with Crippen LogP contribution in [0.4, 0.5) is 0 Å². The van der Waals surface area contributed by atoms with Crippen molar-refractivity contribution in [2.45, 2.75) is 38.6 Å². The van der Waals surface area contributed by atoms with E-state index in [0.717, 1.165) is 12.8 Å². The summed E-state index contributed by atoms with van der Waals surface area (Å²) in [6.45, 7) is 4.44. The third-order valence-corrected chi connectivity index (χ3v) is 4.51. The first-order chi connectivity index (χ1) is 11.5. The van der Waals surface area contributed by atoms with Crippen molar-refractivity contribution >= 4 is 29.9 Å². The van der Waals surface area contributed by atoms with E-state index in [1.807, 2.05) is 32.0 Å². The molecule has 1 atom stereocenters. The molecule has 0 aliphatic heterocycles. The number of halogens is 2. The van der Waals surface area contributed by atoms with Crippen molar-refractivity contribution in [3.8, 4) is 5.69 Å². The van der Waals surface area contributed by atoms with Gasteiger partial charge in [0.1, 0.15) is 5.82 Å². The lowest BCUT2D eigenvalue weighted by atomic mass is 10.2. The number of nitrogens with zero attached hydrogens (tertiary/aromatic N) is 3. The molecule has 1 fully saturated rings. The first-order valence-electron chi connectivity index (χ1n) is 8.24. The van der Waals surface area contributed by atoms with Gasteiger partial charge in [0.15, 0.2) is 0 Å². The van der Waals surface area contributed by atoms with Crippen molar-refractivity contribution in [1.29, 1.82) is 0 Å². The fourth-order valence-corrected chi connectivity index (χ4v) is 2.91. The SMILES string of the molecule is CC(C)c1nc(C(=O)NC(CN)C2CC2)nn1-c1ccccc1Cl.Cl. The van der Waals surface area contributed by atoms with Crippen LogP contribution in [0.25, 0.3) is 5.69 Å². The summed E-state index contributed by atoms with van der Waals surface area (Å²) in [6.07, 6.45) is 2.22. The quantitative estimate of drug-likeness (QED) is 0.802. The summed E-state index contributed by atoms with van der Waals surface area (Å²) in [5.74, 6) is 1.14. The fraction of sp³-hybridized carbons (Fsp3) is 0.471. The van der Waals surface area contributed by atoms with Gasteiger partial charge in [-0.2, -0.15) is 0 Å². The van der Waals surface area contributed by atoms with E-state index in [-0.39, 0.29) is 36.1 Å². The van der Waals surface area contributed by atoms with Gasteiger partial charge in [-0.1, -0.05) is 37.6 Å². The molecule has 1 unspecified atom stereocenters. The van der Waals surface area contributed by atoms with E-state index in [4.69, 9.17) is 17.3 Å². The van der Waals surface area contributed by atoms with Gasteiger partial charge in [-0.3, -0.25) is 4.79 Å². The number of hydrogen-bond donors (Lipinski definition) is 2. The summed E-state index contributed by atoms with van der Waals surface area (Å²) in [4.78, 5) is 16.9. The first kappa shape index (κ1) is 19.7. The van der Waals surface area contributed by atoms with Crippen LogP contribution in [0, 0.1) is 5.92 Å². The van der Waals surface area contributed by atoms with E-state index in [2.05, 4.69) is 15.4 Å². The number of hydrogen-bond acceptors (Lipinski definition) is 4. The van der Waals surface area contributed by atoms with Crippen LogP contribution in [-0.2, 0) is 0 Å². The Morgan fingerprint density at radius 2 is 2.08 bits per heavy atom. The third kappa shape index (κ3) is 4.32. The minimum Gasteiger partial charge on any atom is -0.345 e. The Morgan fingerprint density at radius 1 is 1.40 bits per heavy atom. The Morgan fingerprint density at radius 3 is 2.64 bits per heavy atom. The van der Waals surface area contributed by atoms with Gasteiger partial charge < -0.3 is 11.1 Å². The number of benzene rings is 1. The van der Waals surface area contributed by atoms with Crippen molar-refractivity contribution in [2.24, 2.45) is 11.7 Å². The van der Waals surface area contributed by atoms with Crippen LogP contribution in [0.1, 0.15) is 49.1 Å². The Bertz CT molecular complexity index is 742. The number of para-hydroxylation sites is 1. The second-order valence-corrected chi connectivity index (χ2v) is 6.87. The van der Waals surface area contributed by atoms with E-state index in [1.54, 1.807) is 10.7 Å². The normalized spacial score (nSPS) is 14.9. The van der Waals surface area contributed by atoms with Crippen molar-refractivity contribution in [2.75, 3.05) is 6.54 Å². The van der Waals surface area contributed by atoms with Crippen molar-refractivity contribution in [3.05, 3.63) is 40.9 Å². The molecule has 8 heteroatoms. The molecule has 1 saturated carbocycles. The van der Waals surface area contributed by atoms with Crippen LogP contribution in [-0.4, -0.2) is 33.3 Å². The van der Waals surface area contributed by atoms with Crippen LogP contribution in [0.15, 0.2) is 24.3 Å². The minimum atomic E-state index is -0.287. The maximum absolute atomic E-state index is 12.5. The largest absolute Gasteiger partial charge is 0.345 e. The molecule has 1 aromatic heterocycles. The maximum Gasteiger partial charge on any atom is 0.291 e. The second kappa shape index (κ2) is 8.17. The summed E-state index contributed by atoms with van der Waals surface area (Å²) in [6, 6.07) is 7.38. The average Bonchev–Trinajstić information content (AvgIpc) is 3.30. The van der Waals surface area contributed by atoms with Gasteiger partial charge in [-0.15, -0.1) is 17.5 Å². The molecule has 1 aliphatic carbocycles. The first-order valence-corrected chi connectivity index (χ1v) is 8.61. The van der Waals surface area contributed by atoms with Crippen LogP contribution in [0.5, 0.6) is 0 Å². The fourth-order valence-electron chi connectivity index (χ4n) is 2.70. The molecule has 3 N–H and O–H groups in total. The van der Waals surface area contributed by atoms with E-state index in [1.165, 1.54) is 0 Å². The summed E-state index contributed by atoms with van der Waals surface area (Å²) in [7, 11) is 0. The molecule has 25 heavy (non-hydrogen) atoms. The molecule has 136 valence electrons. The minimum absolute atomic E-state index is 0. The molecule has 3 rings (SSSR count). The van der Waals surface area contributed by atoms with Crippen LogP contribution in [0.3, 0.4) is 0 Å². The molecule has 2 aromatic rings. The molecule has 0 radical (unpaired) electrons. The summed E-state index contributed by atoms with van der Waals surface area (Å²) < 4.78 is 1.65. The molecule has 0 spiro atoms. The highest BCUT2D eigenvalue weighted by molar-refractivity contribution is 6.32. The third-order valence-electron chi connectivity index (χ3n) is 4.19. The van der Waals surface area contributed by atoms with Crippen molar-refractivity contribution < 1.29 is 4.79 Å². The lowest BCUT2D eigenvalue weighted by Crippen LogP contribution is -2.42. The predicted molar refractivity (Wildman–Crippen MR) is 101 cm³/mol. The van der Waals surface area contributed by atoms with Gasteiger partial charge in [0.05, 0.1) is 10.7 Å². The molecule has 0 saturated heterocycles. The summed E-state index contributed by atoms with van der Waals surface area (Å²) in [5, 5.41) is 7.92. The smallest absolute Gasteiger partial charge is 0.291 e. The van der Waals surface area contributed by atoms with Gasteiger partial charge in [0.25, 0.3) is 5.91 Å². The van der Waals surface area contributed by atoms with Gasteiger partial charge in [0, 0.05) is 18.5 Å². The number of nitrogens with one attached hydrogen (secondary N) is 1. The van der Waals surface area contributed by atoms with Gasteiger partial charge >= 0.3 is 0 Å². The molecule has 0 bridgehead atoms. The van der Waals surface area contributed by atoms with Gasteiger partial charge in [-0.05, 0) is 30.9 Å². The predicted octanol–water partition coefficient (Wildman–Crippen LogP) is 2.93. The molecule has 1 aromatic carbocycles. The molecule has 1 amide bonds. The topological polar surface area (TPSA) is 85.8 Å². The molecule has 1 aliphatic rings. The number of nitrogens with two attached hydrogens (primary N) is 1. The molecular formula is C17H23Cl2N5O. The Hall–Kier alpha value is -1.63. The van der Waals surface area contributed by atoms with E-state index >= 15 is 0 Å². The highest BCUT2D eigenvalue weighted by Crippen LogP contribution is 2.32. The van der Waals surface area contributed by atoms with Crippen LogP contribution < -0.4 is 11.1 Å². The standard InChI is InChI=1S/C17H22ClN5O.ClH/c1-10(2)16-21-15(17(24)20-13(9-19)11-7-8-11)22-23(16)14-6-4-3-5-12(14)18;/h3-6,10-11,13H,7-9,19H2,1-2H3,(H,20,24);1H. The zero-order valence-corrected chi connectivity index (χ0v) is 15.8. The van der Waals surface area contributed by atoms with E-state index in [9.17, 15) is 4.79 Å². The molecular weight excluding hydrogens is 361 g/mol. The summed E-state index contributed by atoms with van der Waals surface area (Å²) >= 11 is 6.28. The van der Waals surface area contributed by atoms with Crippen molar-refractivity contribution in [3.63, 3.8) is 0 Å². The van der Waals surface area contributed by atoms with Gasteiger partial charge in [-0.25, -0.2) is 9.67 Å². The number of carbonyl (C=O) groups is 1.